The first-order chi connectivity index (χ1) is 12.6. The molecule has 26 heavy (non-hydrogen) atoms. The van der Waals surface area contributed by atoms with Gasteiger partial charge in [0, 0.05) is 17.5 Å². The average Bonchev–Trinajstić information content (AvgIpc) is 3.00. The molecule has 0 spiro atoms. The number of benzene rings is 1. The van der Waals surface area contributed by atoms with E-state index in [0.717, 1.165) is 48.4 Å². The van der Waals surface area contributed by atoms with E-state index in [-0.39, 0.29) is 12.1 Å². The van der Waals surface area contributed by atoms with Crippen LogP contribution in [0.25, 0.3) is 10.2 Å². The molecule has 0 aliphatic heterocycles. The standard InChI is InChI=1S/C18H16F2N4OS/c19-11-6-3-4-9(14(11)20)8-22-17(25)16-15(21)13-10-5-1-2-7-12(10)23-24-18(13)26-16/h3-4,6H,1-2,5,7-8,21H2,(H,22,25). The van der Waals surface area contributed by atoms with Crippen LogP contribution in [0.3, 0.4) is 0 Å². The van der Waals surface area contributed by atoms with E-state index < -0.39 is 17.5 Å². The molecule has 0 atom stereocenters. The number of rotatable bonds is 3. The van der Waals surface area contributed by atoms with Crippen molar-refractivity contribution < 1.29 is 13.6 Å². The van der Waals surface area contributed by atoms with Crippen LogP contribution in [0.15, 0.2) is 18.2 Å². The predicted molar refractivity (Wildman–Crippen MR) is 96.0 cm³/mol. The van der Waals surface area contributed by atoms with Crippen LogP contribution < -0.4 is 11.1 Å². The number of nitrogens with two attached hydrogens (primary N) is 1. The van der Waals surface area contributed by atoms with Gasteiger partial charge in [0.05, 0.1) is 11.4 Å². The van der Waals surface area contributed by atoms with Crippen LogP contribution in [0.1, 0.15) is 39.3 Å². The number of thiophene rings is 1. The van der Waals surface area contributed by atoms with Gasteiger partial charge in [-0.25, -0.2) is 8.78 Å². The number of aryl methyl sites for hydroxylation is 2. The van der Waals surface area contributed by atoms with Crippen LogP contribution in [-0.4, -0.2) is 16.1 Å². The average molecular weight is 374 g/mol. The van der Waals surface area contributed by atoms with E-state index in [1.165, 1.54) is 23.5 Å². The summed E-state index contributed by atoms with van der Waals surface area (Å²) in [4.78, 5) is 13.5. The Hall–Kier alpha value is -2.61. The quantitative estimate of drug-likeness (QED) is 0.737. The van der Waals surface area contributed by atoms with Crippen LogP contribution in [0.4, 0.5) is 14.5 Å². The maximum absolute atomic E-state index is 13.7. The third-order valence-corrected chi connectivity index (χ3v) is 5.69. The van der Waals surface area contributed by atoms with E-state index in [4.69, 9.17) is 5.73 Å². The van der Waals surface area contributed by atoms with Gasteiger partial charge in [0.15, 0.2) is 11.6 Å². The van der Waals surface area contributed by atoms with Crippen LogP contribution in [0.5, 0.6) is 0 Å². The molecule has 3 N–H and O–H groups in total. The van der Waals surface area contributed by atoms with Crippen molar-refractivity contribution in [3.05, 3.63) is 51.5 Å². The third-order valence-electron chi connectivity index (χ3n) is 4.61. The zero-order valence-corrected chi connectivity index (χ0v) is 14.6. The highest BCUT2D eigenvalue weighted by Crippen LogP contribution is 2.37. The van der Waals surface area contributed by atoms with Crippen molar-refractivity contribution in [2.24, 2.45) is 0 Å². The SMILES string of the molecule is Nc1c(C(=O)NCc2cccc(F)c2F)sc2nnc3c(c12)CCCC3. The van der Waals surface area contributed by atoms with Crippen molar-refractivity contribution >= 4 is 33.1 Å². The maximum atomic E-state index is 13.7. The van der Waals surface area contributed by atoms with Crippen molar-refractivity contribution in [1.29, 1.82) is 0 Å². The summed E-state index contributed by atoms with van der Waals surface area (Å²) in [6.07, 6.45) is 3.87. The van der Waals surface area contributed by atoms with Gasteiger partial charge in [0.25, 0.3) is 5.91 Å². The van der Waals surface area contributed by atoms with Gasteiger partial charge in [-0.05, 0) is 37.3 Å². The Morgan fingerprint density at radius 2 is 2.04 bits per heavy atom. The van der Waals surface area contributed by atoms with E-state index in [1.54, 1.807) is 0 Å². The molecular weight excluding hydrogens is 358 g/mol. The van der Waals surface area contributed by atoms with Gasteiger partial charge in [-0.2, -0.15) is 5.10 Å². The largest absolute Gasteiger partial charge is 0.397 e. The number of hydrogen-bond donors (Lipinski definition) is 2. The molecule has 4 rings (SSSR count). The minimum atomic E-state index is -0.961. The first-order valence-corrected chi connectivity index (χ1v) is 9.15. The molecule has 0 saturated heterocycles. The Morgan fingerprint density at radius 1 is 1.23 bits per heavy atom. The Bertz CT molecular complexity index is 1020. The summed E-state index contributed by atoms with van der Waals surface area (Å²) in [7, 11) is 0. The first kappa shape index (κ1) is 16.8. The highest BCUT2D eigenvalue weighted by Gasteiger charge is 2.23. The molecule has 8 heteroatoms. The second-order valence-electron chi connectivity index (χ2n) is 6.25. The molecule has 2 aromatic heterocycles. The summed E-state index contributed by atoms with van der Waals surface area (Å²) < 4.78 is 27.0. The molecular formula is C18H16F2N4OS. The highest BCUT2D eigenvalue weighted by atomic mass is 32.1. The molecule has 2 heterocycles. The van der Waals surface area contributed by atoms with Crippen LogP contribution in [0.2, 0.25) is 0 Å². The topological polar surface area (TPSA) is 80.9 Å². The van der Waals surface area contributed by atoms with Crippen molar-refractivity contribution in [1.82, 2.24) is 15.5 Å². The fourth-order valence-corrected chi connectivity index (χ4v) is 4.26. The zero-order valence-electron chi connectivity index (χ0n) is 13.8. The van der Waals surface area contributed by atoms with E-state index in [0.29, 0.717) is 15.4 Å². The van der Waals surface area contributed by atoms with Gasteiger partial charge < -0.3 is 11.1 Å². The lowest BCUT2D eigenvalue weighted by Crippen LogP contribution is -2.23. The van der Waals surface area contributed by atoms with Crippen molar-refractivity contribution in [3.63, 3.8) is 0 Å². The molecule has 0 fully saturated rings. The second kappa shape index (κ2) is 6.60. The Labute approximate surface area is 152 Å². The monoisotopic (exact) mass is 374 g/mol. The molecule has 1 aromatic carbocycles. The third kappa shape index (κ3) is 2.80. The lowest BCUT2D eigenvalue weighted by atomic mass is 9.94. The van der Waals surface area contributed by atoms with Crippen molar-refractivity contribution in [2.75, 3.05) is 5.73 Å². The molecule has 134 valence electrons. The number of fused-ring (bicyclic) bond motifs is 3. The minimum absolute atomic E-state index is 0.0789. The van der Waals surface area contributed by atoms with E-state index in [2.05, 4.69) is 15.5 Å². The van der Waals surface area contributed by atoms with Gasteiger partial charge in [0.2, 0.25) is 0 Å². The first-order valence-electron chi connectivity index (χ1n) is 8.33. The number of carbonyl (C=O) groups excluding carboxylic acids is 1. The molecule has 1 amide bonds. The smallest absolute Gasteiger partial charge is 0.263 e. The fraction of sp³-hybridized carbons (Fsp3) is 0.278. The van der Waals surface area contributed by atoms with Crippen molar-refractivity contribution in [2.45, 2.75) is 32.2 Å². The van der Waals surface area contributed by atoms with Crippen LogP contribution in [-0.2, 0) is 19.4 Å². The number of nitrogen functional groups attached to an aromatic ring is 1. The number of halogens is 2. The zero-order chi connectivity index (χ0) is 18.3. The maximum Gasteiger partial charge on any atom is 0.263 e. The number of carbonyl (C=O) groups is 1. The summed E-state index contributed by atoms with van der Waals surface area (Å²) in [5.74, 6) is -2.34. The van der Waals surface area contributed by atoms with Crippen LogP contribution >= 0.6 is 11.3 Å². The highest BCUT2D eigenvalue weighted by molar-refractivity contribution is 7.21. The summed E-state index contributed by atoms with van der Waals surface area (Å²) in [5, 5.41) is 11.9. The fourth-order valence-electron chi connectivity index (χ4n) is 3.28. The molecule has 0 saturated carbocycles. The Kier molecular flexibility index (Phi) is 4.28. The molecule has 1 aliphatic rings. The van der Waals surface area contributed by atoms with Crippen LogP contribution in [0, 0.1) is 11.6 Å². The minimum Gasteiger partial charge on any atom is -0.397 e. The normalized spacial score (nSPS) is 13.6. The van der Waals surface area contributed by atoms with Gasteiger partial charge in [-0.3, -0.25) is 4.79 Å². The number of anilines is 1. The number of aromatic nitrogens is 2. The Morgan fingerprint density at radius 3 is 2.88 bits per heavy atom. The predicted octanol–water partition coefficient (Wildman–Crippen LogP) is 3.36. The number of nitrogens with zero attached hydrogens (tertiary/aromatic N) is 2. The number of amides is 1. The summed E-state index contributed by atoms with van der Waals surface area (Å²) >= 11 is 1.17. The van der Waals surface area contributed by atoms with Gasteiger partial charge >= 0.3 is 0 Å². The summed E-state index contributed by atoms with van der Waals surface area (Å²) in [6.45, 7) is -0.125. The van der Waals surface area contributed by atoms with Gasteiger partial charge in [-0.15, -0.1) is 16.4 Å². The molecule has 0 bridgehead atoms. The van der Waals surface area contributed by atoms with E-state index in [9.17, 15) is 13.6 Å². The molecule has 0 unspecified atom stereocenters. The molecule has 5 nitrogen and oxygen atoms in total. The molecule has 0 radical (unpaired) electrons. The van der Waals surface area contributed by atoms with E-state index >= 15 is 0 Å². The van der Waals surface area contributed by atoms with Gasteiger partial charge in [0.1, 0.15) is 9.71 Å². The lowest BCUT2D eigenvalue weighted by Gasteiger charge is -2.14. The van der Waals surface area contributed by atoms with Gasteiger partial charge in [-0.1, -0.05) is 12.1 Å². The van der Waals surface area contributed by atoms with E-state index in [1.807, 2.05) is 0 Å². The lowest BCUT2D eigenvalue weighted by molar-refractivity contribution is 0.0955. The Balaban J connectivity index is 1.63. The summed E-state index contributed by atoms with van der Waals surface area (Å²) in [6, 6.07) is 3.86. The second-order valence-corrected chi connectivity index (χ2v) is 7.25. The molecule has 3 aromatic rings. The van der Waals surface area contributed by atoms with Crippen molar-refractivity contribution in [3.8, 4) is 0 Å². The molecule has 1 aliphatic carbocycles. The summed E-state index contributed by atoms with van der Waals surface area (Å²) in [5.41, 5.74) is 8.72. The number of nitrogens with one attached hydrogen (secondary N) is 1. The number of hydrogen-bond acceptors (Lipinski definition) is 5.